The maximum Gasteiger partial charge on any atom is 0.240 e. The summed E-state index contributed by atoms with van der Waals surface area (Å²) in [6.07, 6.45) is 2.18. The fourth-order valence-corrected chi connectivity index (χ4v) is 1.15. The number of nitrogens with zero attached hydrogens (tertiary/aromatic N) is 1. The van der Waals surface area contributed by atoms with Crippen molar-refractivity contribution in [1.82, 2.24) is 4.98 Å². The Morgan fingerprint density at radius 1 is 1.38 bits per heavy atom. The molecule has 0 unspecified atom stereocenters. The normalized spacial score (nSPS) is 10.5. The molecular weight excluding hydrogens is 204 g/mol. The summed E-state index contributed by atoms with van der Waals surface area (Å²) in [6.45, 7) is 6.67. The zero-order chi connectivity index (χ0) is 12.0. The molecule has 4 nitrogen and oxygen atoms in total. The smallest absolute Gasteiger partial charge is 0.240 e. The van der Waals surface area contributed by atoms with Gasteiger partial charge in [-0.3, -0.25) is 0 Å². The van der Waals surface area contributed by atoms with Crippen molar-refractivity contribution in [1.29, 1.82) is 0 Å². The van der Waals surface area contributed by atoms with Crippen molar-refractivity contribution >= 4 is 5.69 Å². The Morgan fingerprint density at radius 3 is 2.75 bits per heavy atom. The van der Waals surface area contributed by atoms with Gasteiger partial charge in [0.2, 0.25) is 11.8 Å². The molecule has 0 bridgehead atoms. The zero-order valence-electron chi connectivity index (χ0n) is 10.2. The van der Waals surface area contributed by atoms with Crippen LogP contribution in [0.15, 0.2) is 12.1 Å². The molecule has 2 N–H and O–H groups in total. The Hall–Kier alpha value is -1.45. The van der Waals surface area contributed by atoms with E-state index in [1.165, 1.54) is 0 Å². The number of unbranched alkanes of at least 4 members (excludes halogenated alkanes) is 1. The quantitative estimate of drug-likeness (QED) is 0.755. The van der Waals surface area contributed by atoms with Crippen LogP contribution >= 0.6 is 0 Å². The minimum absolute atomic E-state index is 0.0562. The highest BCUT2D eigenvalue weighted by molar-refractivity contribution is 5.49. The SMILES string of the molecule is CCCCOc1ccc(N)c(OC(C)C)n1. The molecule has 16 heavy (non-hydrogen) atoms. The van der Waals surface area contributed by atoms with Crippen molar-refractivity contribution in [2.75, 3.05) is 12.3 Å². The van der Waals surface area contributed by atoms with E-state index in [0.717, 1.165) is 12.8 Å². The number of hydrogen-bond donors (Lipinski definition) is 1. The number of aromatic nitrogens is 1. The Balaban J connectivity index is 2.65. The van der Waals surface area contributed by atoms with Crippen molar-refractivity contribution in [3.05, 3.63) is 12.1 Å². The summed E-state index contributed by atoms with van der Waals surface area (Å²) in [4.78, 5) is 4.21. The highest BCUT2D eigenvalue weighted by Gasteiger charge is 2.06. The third kappa shape index (κ3) is 3.96. The number of ether oxygens (including phenoxy) is 2. The molecule has 0 aliphatic rings. The van der Waals surface area contributed by atoms with Crippen LogP contribution in [0.3, 0.4) is 0 Å². The molecule has 0 saturated carbocycles. The van der Waals surface area contributed by atoms with Gasteiger partial charge in [-0.2, -0.15) is 4.98 Å². The van der Waals surface area contributed by atoms with Crippen LogP contribution in [0.1, 0.15) is 33.6 Å². The molecule has 90 valence electrons. The molecule has 1 heterocycles. The van der Waals surface area contributed by atoms with Gasteiger partial charge in [0.1, 0.15) is 0 Å². The second-order valence-electron chi connectivity index (χ2n) is 3.91. The maximum absolute atomic E-state index is 5.75. The summed E-state index contributed by atoms with van der Waals surface area (Å²) < 4.78 is 11.0. The minimum atomic E-state index is 0.0562. The fraction of sp³-hybridized carbons (Fsp3) is 0.583. The van der Waals surface area contributed by atoms with Crippen LogP contribution < -0.4 is 15.2 Å². The van der Waals surface area contributed by atoms with Gasteiger partial charge < -0.3 is 15.2 Å². The van der Waals surface area contributed by atoms with Crippen LogP contribution in [0.2, 0.25) is 0 Å². The fourth-order valence-electron chi connectivity index (χ4n) is 1.15. The van der Waals surface area contributed by atoms with E-state index in [1.54, 1.807) is 12.1 Å². The molecule has 0 fully saturated rings. The Morgan fingerprint density at radius 2 is 2.12 bits per heavy atom. The molecule has 1 aromatic heterocycles. The molecule has 0 amide bonds. The largest absolute Gasteiger partial charge is 0.478 e. The van der Waals surface area contributed by atoms with E-state index in [0.29, 0.717) is 24.1 Å². The molecule has 0 spiro atoms. The minimum Gasteiger partial charge on any atom is -0.478 e. The molecule has 0 aromatic carbocycles. The average Bonchev–Trinajstić information content (AvgIpc) is 2.22. The number of anilines is 1. The van der Waals surface area contributed by atoms with E-state index < -0.39 is 0 Å². The van der Waals surface area contributed by atoms with Crippen LogP contribution in [-0.4, -0.2) is 17.7 Å². The second kappa shape index (κ2) is 6.20. The monoisotopic (exact) mass is 224 g/mol. The lowest BCUT2D eigenvalue weighted by molar-refractivity contribution is 0.227. The lowest BCUT2D eigenvalue weighted by atomic mass is 10.3. The Bertz CT molecular complexity index is 327. The zero-order valence-corrected chi connectivity index (χ0v) is 10.2. The van der Waals surface area contributed by atoms with Crippen LogP contribution in [0, 0.1) is 0 Å². The highest BCUT2D eigenvalue weighted by atomic mass is 16.5. The molecular formula is C12H20N2O2. The first-order valence-electron chi connectivity index (χ1n) is 5.69. The van der Waals surface area contributed by atoms with Crippen molar-refractivity contribution in [3.63, 3.8) is 0 Å². The van der Waals surface area contributed by atoms with E-state index >= 15 is 0 Å². The van der Waals surface area contributed by atoms with Gasteiger partial charge in [0.15, 0.2) is 0 Å². The summed E-state index contributed by atoms with van der Waals surface area (Å²) in [5.74, 6) is 1.02. The maximum atomic E-state index is 5.75. The van der Waals surface area contributed by atoms with Gasteiger partial charge in [-0.1, -0.05) is 13.3 Å². The van der Waals surface area contributed by atoms with Gasteiger partial charge in [-0.25, -0.2) is 0 Å². The average molecular weight is 224 g/mol. The molecule has 1 aromatic rings. The summed E-state index contributed by atoms with van der Waals surface area (Å²) in [6, 6.07) is 3.52. The first-order chi connectivity index (χ1) is 7.63. The summed E-state index contributed by atoms with van der Waals surface area (Å²) in [7, 11) is 0. The third-order valence-corrected chi connectivity index (χ3v) is 1.96. The van der Waals surface area contributed by atoms with Gasteiger partial charge in [-0.05, 0) is 26.3 Å². The highest BCUT2D eigenvalue weighted by Crippen LogP contribution is 2.23. The number of pyridine rings is 1. The number of nitrogens with two attached hydrogens (primary N) is 1. The molecule has 4 heteroatoms. The molecule has 0 atom stereocenters. The van der Waals surface area contributed by atoms with Gasteiger partial charge in [0, 0.05) is 6.07 Å². The van der Waals surface area contributed by atoms with Gasteiger partial charge >= 0.3 is 0 Å². The van der Waals surface area contributed by atoms with Gasteiger partial charge in [-0.15, -0.1) is 0 Å². The number of nitrogen functional groups attached to an aromatic ring is 1. The van der Waals surface area contributed by atoms with Crippen molar-refractivity contribution in [2.24, 2.45) is 0 Å². The second-order valence-corrected chi connectivity index (χ2v) is 3.91. The topological polar surface area (TPSA) is 57.4 Å². The first kappa shape index (κ1) is 12.6. The standard InChI is InChI=1S/C12H20N2O2/c1-4-5-8-15-11-7-6-10(13)12(14-11)16-9(2)3/h6-7,9H,4-5,8,13H2,1-3H3. The van der Waals surface area contributed by atoms with Gasteiger partial charge in [0.05, 0.1) is 18.4 Å². The van der Waals surface area contributed by atoms with Gasteiger partial charge in [0.25, 0.3) is 0 Å². The van der Waals surface area contributed by atoms with E-state index in [2.05, 4.69) is 11.9 Å². The van der Waals surface area contributed by atoms with Crippen LogP contribution in [0.25, 0.3) is 0 Å². The summed E-state index contributed by atoms with van der Waals surface area (Å²) in [5, 5.41) is 0. The van der Waals surface area contributed by atoms with E-state index in [1.807, 2.05) is 13.8 Å². The van der Waals surface area contributed by atoms with Crippen LogP contribution in [0.4, 0.5) is 5.69 Å². The Labute approximate surface area is 96.8 Å². The molecule has 0 saturated heterocycles. The third-order valence-electron chi connectivity index (χ3n) is 1.96. The van der Waals surface area contributed by atoms with E-state index in [-0.39, 0.29) is 6.10 Å². The number of hydrogen-bond acceptors (Lipinski definition) is 4. The molecule has 1 rings (SSSR count). The van der Waals surface area contributed by atoms with Crippen molar-refractivity contribution in [2.45, 2.75) is 39.7 Å². The van der Waals surface area contributed by atoms with Crippen LogP contribution in [0.5, 0.6) is 11.8 Å². The molecule has 0 aliphatic heterocycles. The lowest BCUT2D eigenvalue weighted by Crippen LogP contribution is -2.09. The van der Waals surface area contributed by atoms with Crippen molar-refractivity contribution < 1.29 is 9.47 Å². The molecule has 0 radical (unpaired) electrons. The summed E-state index contributed by atoms with van der Waals surface area (Å²) >= 11 is 0. The summed E-state index contributed by atoms with van der Waals surface area (Å²) in [5.41, 5.74) is 6.29. The van der Waals surface area contributed by atoms with E-state index in [9.17, 15) is 0 Å². The van der Waals surface area contributed by atoms with E-state index in [4.69, 9.17) is 15.2 Å². The van der Waals surface area contributed by atoms with Crippen LogP contribution in [-0.2, 0) is 0 Å². The molecule has 0 aliphatic carbocycles. The first-order valence-corrected chi connectivity index (χ1v) is 5.69. The predicted molar refractivity (Wildman–Crippen MR) is 64.8 cm³/mol. The van der Waals surface area contributed by atoms with Crippen molar-refractivity contribution in [3.8, 4) is 11.8 Å². The Kier molecular flexibility index (Phi) is 4.89. The lowest BCUT2D eigenvalue weighted by Gasteiger charge is -2.12. The predicted octanol–water partition coefficient (Wildman–Crippen LogP) is 2.63. The number of rotatable bonds is 6.